The predicted molar refractivity (Wildman–Crippen MR) is 96.5 cm³/mol. The van der Waals surface area contributed by atoms with E-state index in [2.05, 4.69) is 27.9 Å². The Balaban J connectivity index is 1.76. The van der Waals surface area contributed by atoms with E-state index < -0.39 is 10.0 Å². The monoisotopic (exact) mass is 334 g/mol. The van der Waals surface area contributed by atoms with Gasteiger partial charge in [0, 0.05) is 18.1 Å². The van der Waals surface area contributed by atoms with Gasteiger partial charge in [0.25, 0.3) is 10.0 Å². The summed E-state index contributed by atoms with van der Waals surface area (Å²) in [4.78, 5) is 4.00. The van der Waals surface area contributed by atoms with Crippen molar-refractivity contribution in [2.24, 2.45) is 0 Å². The van der Waals surface area contributed by atoms with Gasteiger partial charge in [0.1, 0.15) is 4.90 Å². The minimum atomic E-state index is -3.64. The van der Waals surface area contributed by atoms with Crippen molar-refractivity contribution in [2.75, 3.05) is 4.72 Å². The van der Waals surface area contributed by atoms with Crippen molar-refractivity contribution >= 4 is 37.3 Å². The molecule has 5 heteroatoms. The lowest BCUT2D eigenvalue weighted by Gasteiger charge is -2.09. The van der Waals surface area contributed by atoms with Crippen molar-refractivity contribution < 1.29 is 8.42 Å². The number of pyridine rings is 1. The zero-order valence-corrected chi connectivity index (χ0v) is 13.5. The lowest BCUT2D eigenvalue weighted by Crippen LogP contribution is -2.12. The van der Waals surface area contributed by atoms with Crippen LogP contribution >= 0.6 is 0 Å². The molecule has 1 aromatic heterocycles. The zero-order chi connectivity index (χ0) is 16.6. The van der Waals surface area contributed by atoms with Crippen LogP contribution in [0.15, 0.2) is 84.0 Å². The third kappa shape index (κ3) is 2.70. The molecule has 0 unspecified atom stereocenters. The second-order valence-electron chi connectivity index (χ2n) is 5.56. The van der Waals surface area contributed by atoms with Gasteiger partial charge in [-0.25, -0.2) is 8.42 Å². The molecular formula is C19H14N2O2S. The molecule has 3 aromatic carbocycles. The van der Waals surface area contributed by atoms with Crippen LogP contribution in [0.3, 0.4) is 0 Å². The van der Waals surface area contributed by atoms with E-state index in [1.807, 2.05) is 30.3 Å². The average molecular weight is 334 g/mol. The number of sulfonamides is 1. The summed E-state index contributed by atoms with van der Waals surface area (Å²) in [6.45, 7) is 0. The number of aromatic nitrogens is 1. The van der Waals surface area contributed by atoms with Gasteiger partial charge in [-0.05, 0) is 57.9 Å². The number of rotatable bonds is 3. The van der Waals surface area contributed by atoms with Crippen LogP contribution in [0.1, 0.15) is 0 Å². The Morgan fingerprint density at radius 3 is 2.17 bits per heavy atom. The van der Waals surface area contributed by atoms with Crippen LogP contribution in [-0.4, -0.2) is 13.4 Å². The SMILES string of the molecule is O=S(=O)(Nc1ccc2cc3ccccc3cc2c1)c1cccnc1. The van der Waals surface area contributed by atoms with Crippen LogP contribution in [-0.2, 0) is 10.0 Å². The van der Waals surface area contributed by atoms with Crippen molar-refractivity contribution in [1.29, 1.82) is 0 Å². The highest BCUT2D eigenvalue weighted by molar-refractivity contribution is 7.92. The fraction of sp³-hybridized carbons (Fsp3) is 0. The number of anilines is 1. The van der Waals surface area contributed by atoms with Crippen molar-refractivity contribution in [1.82, 2.24) is 4.98 Å². The van der Waals surface area contributed by atoms with E-state index in [4.69, 9.17) is 0 Å². The second-order valence-corrected chi connectivity index (χ2v) is 7.24. The number of nitrogens with one attached hydrogen (secondary N) is 1. The number of hydrogen-bond donors (Lipinski definition) is 1. The lowest BCUT2D eigenvalue weighted by atomic mass is 10.0. The summed E-state index contributed by atoms with van der Waals surface area (Å²) in [6.07, 6.45) is 2.87. The van der Waals surface area contributed by atoms with E-state index >= 15 is 0 Å². The molecule has 0 bridgehead atoms. The molecule has 4 rings (SSSR count). The van der Waals surface area contributed by atoms with E-state index in [9.17, 15) is 8.42 Å². The summed E-state index contributed by atoms with van der Waals surface area (Å²) in [5, 5.41) is 4.34. The molecule has 0 aliphatic carbocycles. The first-order valence-corrected chi connectivity index (χ1v) is 8.96. The molecule has 0 saturated carbocycles. The third-order valence-electron chi connectivity index (χ3n) is 3.90. The Bertz CT molecular complexity index is 1140. The smallest absolute Gasteiger partial charge is 0.263 e. The average Bonchev–Trinajstić information content (AvgIpc) is 2.60. The Kier molecular flexibility index (Phi) is 3.43. The molecule has 118 valence electrons. The predicted octanol–water partition coefficient (Wildman–Crippen LogP) is 4.19. The van der Waals surface area contributed by atoms with E-state index in [0.717, 1.165) is 21.5 Å². The van der Waals surface area contributed by atoms with Gasteiger partial charge in [-0.3, -0.25) is 9.71 Å². The quantitative estimate of drug-likeness (QED) is 0.572. The normalized spacial score (nSPS) is 11.7. The maximum atomic E-state index is 12.4. The first-order chi connectivity index (χ1) is 11.6. The van der Waals surface area contributed by atoms with Crippen molar-refractivity contribution in [2.45, 2.75) is 4.90 Å². The molecule has 1 heterocycles. The number of nitrogens with zero attached hydrogens (tertiary/aromatic N) is 1. The van der Waals surface area contributed by atoms with E-state index in [1.54, 1.807) is 18.3 Å². The van der Waals surface area contributed by atoms with E-state index in [1.165, 1.54) is 12.3 Å². The zero-order valence-electron chi connectivity index (χ0n) is 12.7. The molecule has 0 aliphatic heterocycles. The minimum absolute atomic E-state index is 0.142. The van der Waals surface area contributed by atoms with Gasteiger partial charge < -0.3 is 0 Å². The summed E-state index contributed by atoms with van der Waals surface area (Å²) in [6, 6.07) is 20.9. The van der Waals surface area contributed by atoms with Crippen molar-refractivity contribution in [3.63, 3.8) is 0 Å². The number of fused-ring (bicyclic) bond motifs is 2. The number of benzene rings is 3. The van der Waals surface area contributed by atoms with Crippen LogP contribution < -0.4 is 4.72 Å². The van der Waals surface area contributed by atoms with Crippen LogP contribution in [0, 0.1) is 0 Å². The summed E-state index contributed by atoms with van der Waals surface area (Å²) < 4.78 is 27.4. The van der Waals surface area contributed by atoms with Gasteiger partial charge in [0.15, 0.2) is 0 Å². The third-order valence-corrected chi connectivity index (χ3v) is 5.27. The largest absolute Gasteiger partial charge is 0.280 e. The van der Waals surface area contributed by atoms with Crippen LogP contribution in [0.25, 0.3) is 21.5 Å². The molecule has 0 spiro atoms. The Hall–Kier alpha value is -2.92. The molecular weight excluding hydrogens is 320 g/mol. The van der Waals surface area contributed by atoms with Crippen LogP contribution in [0.5, 0.6) is 0 Å². The fourth-order valence-corrected chi connectivity index (χ4v) is 3.74. The Labute approximate surface area is 139 Å². The lowest BCUT2D eigenvalue weighted by molar-refractivity contribution is 0.601. The summed E-state index contributed by atoms with van der Waals surface area (Å²) in [7, 11) is -3.64. The van der Waals surface area contributed by atoms with Gasteiger partial charge in [0.05, 0.1) is 0 Å². The van der Waals surface area contributed by atoms with Gasteiger partial charge in [-0.2, -0.15) is 0 Å². The molecule has 0 radical (unpaired) electrons. The molecule has 4 aromatic rings. The van der Waals surface area contributed by atoms with Gasteiger partial charge >= 0.3 is 0 Å². The number of hydrogen-bond acceptors (Lipinski definition) is 3. The highest BCUT2D eigenvalue weighted by atomic mass is 32.2. The maximum absolute atomic E-state index is 12.4. The molecule has 0 aliphatic rings. The fourth-order valence-electron chi connectivity index (χ4n) is 2.72. The summed E-state index contributed by atoms with van der Waals surface area (Å²) >= 11 is 0. The van der Waals surface area contributed by atoms with Gasteiger partial charge in [-0.1, -0.05) is 30.3 Å². The highest BCUT2D eigenvalue weighted by Gasteiger charge is 2.14. The topological polar surface area (TPSA) is 59.1 Å². The summed E-state index contributed by atoms with van der Waals surface area (Å²) in [5.74, 6) is 0. The molecule has 0 atom stereocenters. The minimum Gasteiger partial charge on any atom is -0.280 e. The Morgan fingerprint density at radius 2 is 1.46 bits per heavy atom. The molecule has 0 saturated heterocycles. The molecule has 0 amide bonds. The van der Waals surface area contributed by atoms with Crippen LogP contribution in [0.2, 0.25) is 0 Å². The van der Waals surface area contributed by atoms with Gasteiger partial charge in [0.2, 0.25) is 0 Å². The maximum Gasteiger partial charge on any atom is 0.263 e. The standard InChI is InChI=1S/C19H14N2O2S/c22-24(23,19-6-3-9-20-13-19)21-18-8-7-16-10-14-4-1-2-5-15(14)11-17(16)12-18/h1-13,21H. The van der Waals surface area contributed by atoms with Crippen molar-refractivity contribution in [3.8, 4) is 0 Å². The second kappa shape index (κ2) is 5.62. The first kappa shape index (κ1) is 14.7. The highest BCUT2D eigenvalue weighted by Crippen LogP contribution is 2.26. The molecule has 1 N–H and O–H groups in total. The van der Waals surface area contributed by atoms with E-state index in [-0.39, 0.29) is 4.90 Å². The van der Waals surface area contributed by atoms with Crippen molar-refractivity contribution in [3.05, 3.63) is 79.1 Å². The van der Waals surface area contributed by atoms with Crippen LogP contribution in [0.4, 0.5) is 5.69 Å². The summed E-state index contributed by atoms with van der Waals surface area (Å²) in [5.41, 5.74) is 0.529. The van der Waals surface area contributed by atoms with E-state index in [0.29, 0.717) is 5.69 Å². The van der Waals surface area contributed by atoms with Gasteiger partial charge in [-0.15, -0.1) is 0 Å². The molecule has 4 nitrogen and oxygen atoms in total. The molecule has 0 fully saturated rings. The molecule has 24 heavy (non-hydrogen) atoms. The first-order valence-electron chi connectivity index (χ1n) is 7.47. The Morgan fingerprint density at radius 1 is 0.750 bits per heavy atom.